The number of hydrogen-bond donors (Lipinski definition) is 0. The van der Waals surface area contributed by atoms with Gasteiger partial charge in [-0.15, -0.1) is 0 Å². The molecule has 0 aliphatic heterocycles. The van der Waals surface area contributed by atoms with E-state index in [0.717, 1.165) is 0 Å². The maximum Gasteiger partial charge on any atom is -0.0178 e. The largest absolute Gasteiger partial charge is 0.0839 e. The second-order valence-corrected chi connectivity index (χ2v) is 9.10. The second kappa shape index (κ2) is 17.2. The molecule has 0 aliphatic carbocycles. The van der Waals surface area contributed by atoms with Crippen LogP contribution in [0, 0.1) is 0 Å². The van der Waals surface area contributed by atoms with Crippen molar-refractivity contribution in [1.82, 2.24) is 0 Å². The summed E-state index contributed by atoms with van der Waals surface area (Å²) in [5, 5.41) is 2.66. The van der Waals surface area contributed by atoms with E-state index in [4.69, 9.17) is 0 Å². The molecule has 0 heterocycles. The zero-order valence-electron chi connectivity index (χ0n) is 19.7. The van der Waals surface area contributed by atoms with E-state index >= 15 is 0 Å². The topological polar surface area (TPSA) is 0 Å². The van der Waals surface area contributed by atoms with Crippen LogP contribution in [0.5, 0.6) is 0 Å². The highest BCUT2D eigenvalue weighted by Gasteiger charge is 1.95. The highest BCUT2D eigenvalue weighted by molar-refractivity contribution is 5.84. The van der Waals surface area contributed by atoms with Gasteiger partial charge in [-0.3, -0.25) is 0 Å². The van der Waals surface area contributed by atoms with Crippen molar-refractivity contribution < 1.29 is 0 Å². The summed E-state index contributed by atoms with van der Waals surface area (Å²) in [6, 6.07) is 15.3. The Bertz CT molecular complexity index is 681. The molecule has 0 aromatic heterocycles. The molecule has 0 fully saturated rings. The van der Waals surface area contributed by atoms with Crippen LogP contribution in [-0.4, -0.2) is 0 Å². The maximum absolute atomic E-state index is 2.36. The first-order valence-corrected chi connectivity index (χ1v) is 13.1. The van der Waals surface area contributed by atoms with Crippen LogP contribution < -0.4 is 0 Å². The third-order valence-corrected chi connectivity index (χ3v) is 6.31. The molecule has 166 valence electrons. The Morgan fingerprint density at radius 2 is 1.03 bits per heavy atom. The van der Waals surface area contributed by atoms with Crippen LogP contribution in [0.4, 0.5) is 0 Å². The normalized spacial score (nSPS) is 11.6. The van der Waals surface area contributed by atoms with Gasteiger partial charge in [-0.2, -0.15) is 0 Å². The third-order valence-electron chi connectivity index (χ3n) is 6.31. The first-order chi connectivity index (χ1) is 14.9. The van der Waals surface area contributed by atoms with E-state index in [2.05, 4.69) is 61.5 Å². The molecule has 0 bridgehead atoms. The minimum atomic E-state index is 1.21. The molecule has 0 unspecified atom stereocenters. The molecule has 2 aromatic carbocycles. The van der Waals surface area contributed by atoms with E-state index in [1.54, 1.807) is 0 Å². The lowest BCUT2D eigenvalue weighted by molar-refractivity contribution is 0.530. The summed E-state index contributed by atoms with van der Waals surface area (Å²) < 4.78 is 0. The lowest BCUT2D eigenvalue weighted by atomic mass is 10.0. The minimum Gasteiger partial charge on any atom is -0.0839 e. The molecule has 0 N–H and O–H groups in total. The quantitative estimate of drug-likeness (QED) is 0.216. The Morgan fingerprint density at radius 3 is 1.60 bits per heavy atom. The van der Waals surface area contributed by atoms with E-state index in [1.807, 2.05) is 0 Å². The molecular weight excluding hydrogens is 360 g/mol. The van der Waals surface area contributed by atoms with Crippen molar-refractivity contribution in [2.24, 2.45) is 0 Å². The predicted molar refractivity (Wildman–Crippen MR) is 137 cm³/mol. The summed E-state index contributed by atoms with van der Waals surface area (Å²) in [7, 11) is 0. The fraction of sp³-hybridized carbons (Fsp3) is 0.600. The van der Waals surface area contributed by atoms with Crippen LogP contribution >= 0.6 is 0 Å². The summed E-state index contributed by atoms with van der Waals surface area (Å²) in [6.45, 7) is 2.30. The van der Waals surface area contributed by atoms with E-state index in [-0.39, 0.29) is 0 Å². The molecule has 0 aliphatic rings. The van der Waals surface area contributed by atoms with Crippen molar-refractivity contribution >= 4 is 16.8 Å². The molecule has 0 amide bonds. The van der Waals surface area contributed by atoms with E-state index < -0.39 is 0 Å². The Morgan fingerprint density at radius 1 is 0.533 bits per heavy atom. The number of rotatable bonds is 18. The second-order valence-electron chi connectivity index (χ2n) is 9.10. The predicted octanol–water partition coefficient (Wildman–Crippen LogP) is 10.5. The molecule has 2 rings (SSSR count). The number of benzene rings is 2. The van der Waals surface area contributed by atoms with Gasteiger partial charge in [-0.25, -0.2) is 0 Å². The first kappa shape index (κ1) is 24.7. The highest BCUT2D eigenvalue weighted by Crippen LogP contribution is 2.17. The zero-order chi connectivity index (χ0) is 21.1. The van der Waals surface area contributed by atoms with Crippen LogP contribution in [0.25, 0.3) is 16.8 Å². The minimum absolute atomic E-state index is 1.21. The summed E-state index contributed by atoms with van der Waals surface area (Å²) in [4.78, 5) is 0. The van der Waals surface area contributed by atoms with Crippen molar-refractivity contribution in [1.29, 1.82) is 0 Å². The van der Waals surface area contributed by atoms with Gasteiger partial charge < -0.3 is 0 Å². The Hall–Kier alpha value is -1.56. The molecule has 0 atom stereocenters. The van der Waals surface area contributed by atoms with Gasteiger partial charge in [0.25, 0.3) is 0 Å². The molecule has 0 saturated carbocycles. The average molecular weight is 407 g/mol. The fourth-order valence-corrected chi connectivity index (χ4v) is 4.34. The van der Waals surface area contributed by atoms with E-state index in [1.165, 1.54) is 125 Å². The van der Waals surface area contributed by atoms with Crippen molar-refractivity contribution in [3.8, 4) is 0 Å². The van der Waals surface area contributed by atoms with Crippen LogP contribution in [0.1, 0.15) is 122 Å². The van der Waals surface area contributed by atoms with Gasteiger partial charge in [0.15, 0.2) is 0 Å². The smallest absolute Gasteiger partial charge is 0.0178 e. The number of allylic oxidation sites excluding steroid dienone is 1. The molecule has 0 saturated heterocycles. The van der Waals surface area contributed by atoms with Crippen molar-refractivity contribution in [3.63, 3.8) is 0 Å². The van der Waals surface area contributed by atoms with Crippen molar-refractivity contribution in [2.75, 3.05) is 0 Å². The van der Waals surface area contributed by atoms with Gasteiger partial charge in [0, 0.05) is 0 Å². The number of unbranched alkanes of at least 4 members (excludes halogenated alkanes) is 16. The molecule has 0 radical (unpaired) electrons. The lowest BCUT2D eigenvalue weighted by Gasteiger charge is -2.03. The zero-order valence-corrected chi connectivity index (χ0v) is 19.7. The Kier molecular flexibility index (Phi) is 14.1. The van der Waals surface area contributed by atoms with Gasteiger partial charge in [0.1, 0.15) is 0 Å². The van der Waals surface area contributed by atoms with Crippen molar-refractivity contribution in [3.05, 3.63) is 54.1 Å². The van der Waals surface area contributed by atoms with Gasteiger partial charge in [0.05, 0.1) is 0 Å². The van der Waals surface area contributed by atoms with E-state index in [0.29, 0.717) is 0 Å². The van der Waals surface area contributed by atoms with Gasteiger partial charge in [0.2, 0.25) is 0 Å². The third kappa shape index (κ3) is 11.6. The molecule has 0 heteroatoms. The molecular formula is C30H46. The maximum atomic E-state index is 2.36. The summed E-state index contributed by atoms with van der Waals surface area (Å²) in [5.41, 5.74) is 1.32. The Balaban J connectivity index is 1.35. The Labute approximate surface area is 187 Å². The number of fused-ring (bicyclic) bond motifs is 1. The molecule has 0 nitrogen and oxygen atoms in total. The average Bonchev–Trinajstić information content (AvgIpc) is 2.78. The van der Waals surface area contributed by atoms with Gasteiger partial charge in [-0.05, 0) is 35.2 Å². The highest BCUT2D eigenvalue weighted by atomic mass is 14.0. The monoisotopic (exact) mass is 406 g/mol. The van der Waals surface area contributed by atoms with E-state index in [9.17, 15) is 0 Å². The van der Waals surface area contributed by atoms with Crippen LogP contribution in [0.2, 0.25) is 0 Å². The van der Waals surface area contributed by atoms with Crippen LogP contribution in [-0.2, 0) is 0 Å². The van der Waals surface area contributed by atoms with Crippen molar-refractivity contribution in [2.45, 2.75) is 116 Å². The van der Waals surface area contributed by atoms with Gasteiger partial charge in [-0.1, -0.05) is 152 Å². The molecule has 2 aromatic rings. The molecule has 30 heavy (non-hydrogen) atoms. The number of hydrogen-bond acceptors (Lipinski definition) is 0. The van der Waals surface area contributed by atoms with Crippen LogP contribution in [0.3, 0.4) is 0 Å². The van der Waals surface area contributed by atoms with Gasteiger partial charge >= 0.3 is 0 Å². The summed E-state index contributed by atoms with van der Waals surface area (Å²) in [5.74, 6) is 0. The standard InChI is InChI=1S/C30H46/c1-2-3-4-5-6-7-8-9-10-11-12-13-14-15-16-17-18-19-22-28-25-26-29-23-20-21-24-30(29)27-28/h19-27H,2-18H2,1H3/b22-19+. The lowest BCUT2D eigenvalue weighted by Crippen LogP contribution is -1.83. The summed E-state index contributed by atoms with van der Waals surface area (Å²) in [6.07, 6.45) is 28.9. The fourth-order valence-electron chi connectivity index (χ4n) is 4.34. The van der Waals surface area contributed by atoms with Crippen LogP contribution in [0.15, 0.2) is 48.5 Å². The molecule has 0 spiro atoms. The first-order valence-electron chi connectivity index (χ1n) is 13.1. The summed E-state index contributed by atoms with van der Waals surface area (Å²) >= 11 is 0. The SMILES string of the molecule is CCCCCCCCCCCCCCCCCC/C=C/c1ccc2ccccc2c1.